The molecule has 0 bridgehead atoms. The van der Waals surface area contributed by atoms with Crippen LogP contribution in [-0.4, -0.2) is 53.1 Å². The molecule has 0 atom stereocenters. The lowest BCUT2D eigenvalue weighted by molar-refractivity contribution is -0.127. The SMILES string of the molecule is CCSc1nc(C)cc(C(=O)NCC(=O)N(C)C)n1. The average Bonchev–Trinajstić information content (AvgIpc) is 2.35. The van der Waals surface area contributed by atoms with Crippen molar-refractivity contribution in [2.75, 3.05) is 26.4 Å². The van der Waals surface area contributed by atoms with Crippen LogP contribution in [0, 0.1) is 6.92 Å². The van der Waals surface area contributed by atoms with E-state index < -0.39 is 0 Å². The summed E-state index contributed by atoms with van der Waals surface area (Å²) in [5.74, 6) is 0.310. The zero-order chi connectivity index (χ0) is 14.4. The lowest BCUT2D eigenvalue weighted by Gasteiger charge is -2.11. The molecule has 0 aliphatic heterocycles. The van der Waals surface area contributed by atoms with Crippen molar-refractivity contribution in [1.29, 1.82) is 0 Å². The first-order chi connectivity index (χ1) is 8.93. The lowest BCUT2D eigenvalue weighted by Crippen LogP contribution is -2.36. The maximum absolute atomic E-state index is 11.9. The summed E-state index contributed by atoms with van der Waals surface area (Å²) in [4.78, 5) is 33.1. The van der Waals surface area contributed by atoms with Gasteiger partial charge >= 0.3 is 0 Å². The summed E-state index contributed by atoms with van der Waals surface area (Å²) in [6, 6.07) is 1.61. The lowest BCUT2D eigenvalue weighted by atomic mass is 10.3. The Morgan fingerprint density at radius 1 is 1.37 bits per heavy atom. The van der Waals surface area contributed by atoms with Gasteiger partial charge in [0, 0.05) is 19.8 Å². The fraction of sp³-hybridized carbons (Fsp3) is 0.500. The van der Waals surface area contributed by atoms with Crippen molar-refractivity contribution >= 4 is 23.6 Å². The van der Waals surface area contributed by atoms with Crippen LogP contribution in [-0.2, 0) is 4.79 Å². The quantitative estimate of drug-likeness (QED) is 0.636. The molecule has 1 rings (SSSR count). The van der Waals surface area contributed by atoms with Gasteiger partial charge in [-0.05, 0) is 18.7 Å². The highest BCUT2D eigenvalue weighted by Crippen LogP contribution is 2.13. The molecule has 0 unspecified atom stereocenters. The monoisotopic (exact) mass is 282 g/mol. The van der Waals surface area contributed by atoms with E-state index in [2.05, 4.69) is 15.3 Å². The molecular weight excluding hydrogens is 264 g/mol. The van der Waals surface area contributed by atoms with Crippen molar-refractivity contribution in [2.24, 2.45) is 0 Å². The minimum Gasteiger partial charge on any atom is -0.347 e. The molecule has 0 saturated carbocycles. The van der Waals surface area contributed by atoms with E-state index in [0.717, 1.165) is 11.4 Å². The number of hydrogen-bond donors (Lipinski definition) is 1. The van der Waals surface area contributed by atoms with Gasteiger partial charge in [0.25, 0.3) is 5.91 Å². The molecule has 2 amide bonds. The standard InChI is InChI=1S/C12H18N4O2S/c1-5-19-12-14-8(2)6-9(15-12)11(18)13-7-10(17)16(3)4/h6H,5,7H2,1-4H3,(H,13,18). The number of aryl methyl sites for hydroxylation is 1. The van der Waals surface area contributed by atoms with Crippen LogP contribution in [0.3, 0.4) is 0 Å². The molecule has 0 spiro atoms. The van der Waals surface area contributed by atoms with E-state index in [1.54, 1.807) is 20.2 Å². The number of aromatic nitrogens is 2. The van der Waals surface area contributed by atoms with E-state index in [4.69, 9.17) is 0 Å². The van der Waals surface area contributed by atoms with Gasteiger partial charge in [-0.1, -0.05) is 18.7 Å². The largest absolute Gasteiger partial charge is 0.347 e. The third kappa shape index (κ3) is 4.86. The molecule has 0 saturated heterocycles. The fourth-order valence-electron chi connectivity index (χ4n) is 1.26. The summed E-state index contributed by atoms with van der Waals surface area (Å²) in [6.07, 6.45) is 0. The Morgan fingerprint density at radius 2 is 2.05 bits per heavy atom. The second kappa shape index (κ2) is 7.08. The Kier molecular flexibility index (Phi) is 5.75. The van der Waals surface area contributed by atoms with E-state index in [9.17, 15) is 9.59 Å². The van der Waals surface area contributed by atoms with E-state index in [-0.39, 0.29) is 24.1 Å². The highest BCUT2D eigenvalue weighted by atomic mass is 32.2. The van der Waals surface area contributed by atoms with Crippen molar-refractivity contribution in [3.8, 4) is 0 Å². The predicted octanol–water partition coefficient (Wildman–Crippen LogP) is 0.715. The molecule has 1 N–H and O–H groups in total. The topological polar surface area (TPSA) is 75.2 Å². The van der Waals surface area contributed by atoms with Gasteiger partial charge in [-0.15, -0.1) is 0 Å². The van der Waals surface area contributed by atoms with Crippen molar-refractivity contribution in [2.45, 2.75) is 19.0 Å². The van der Waals surface area contributed by atoms with Crippen LogP contribution >= 0.6 is 11.8 Å². The Labute approximate surface area is 117 Å². The molecule has 104 valence electrons. The number of hydrogen-bond acceptors (Lipinski definition) is 5. The van der Waals surface area contributed by atoms with Gasteiger partial charge < -0.3 is 10.2 Å². The second-order valence-corrected chi connectivity index (χ2v) is 5.31. The molecule has 0 aliphatic rings. The van der Waals surface area contributed by atoms with Crippen LogP contribution in [0.1, 0.15) is 23.1 Å². The maximum Gasteiger partial charge on any atom is 0.270 e. The third-order valence-corrected chi connectivity index (χ3v) is 2.97. The second-order valence-electron chi connectivity index (χ2n) is 4.08. The highest BCUT2D eigenvalue weighted by Gasteiger charge is 2.12. The summed E-state index contributed by atoms with van der Waals surface area (Å²) in [5, 5.41) is 3.12. The van der Waals surface area contributed by atoms with E-state index in [0.29, 0.717) is 5.16 Å². The van der Waals surface area contributed by atoms with Crippen molar-refractivity contribution in [3.63, 3.8) is 0 Å². The van der Waals surface area contributed by atoms with Gasteiger partial charge in [-0.2, -0.15) is 0 Å². The number of carbonyl (C=O) groups is 2. The van der Waals surface area contributed by atoms with Crippen LogP contribution < -0.4 is 5.32 Å². The van der Waals surface area contributed by atoms with E-state index >= 15 is 0 Å². The Hall–Kier alpha value is -1.63. The molecule has 1 heterocycles. The van der Waals surface area contributed by atoms with Gasteiger partial charge in [0.05, 0.1) is 6.54 Å². The summed E-state index contributed by atoms with van der Waals surface area (Å²) in [6.45, 7) is 3.76. The number of nitrogens with zero attached hydrogens (tertiary/aromatic N) is 3. The molecule has 0 aromatic carbocycles. The van der Waals surface area contributed by atoms with Gasteiger partial charge in [0.1, 0.15) is 5.69 Å². The van der Waals surface area contributed by atoms with Gasteiger partial charge in [0.2, 0.25) is 5.91 Å². The number of likely N-dealkylation sites (N-methyl/N-ethyl adjacent to an activating group) is 1. The molecule has 0 fully saturated rings. The number of carbonyl (C=O) groups excluding carboxylic acids is 2. The number of nitrogens with one attached hydrogen (secondary N) is 1. The minimum atomic E-state index is -0.362. The number of thioether (sulfide) groups is 1. The summed E-state index contributed by atoms with van der Waals surface area (Å²) >= 11 is 1.47. The first kappa shape index (κ1) is 15.4. The molecule has 7 heteroatoms. The first-order valence-electron chi connectivity index (χ1n) is 5.91. The van der Waals surface area contributed by atoms with Crippen LogP contribution in [0.4, 0.5) is 0 Å². The average molecular weight is 282 g/mol. The van der Waals surface area contributed by atoms with E-state index in [1.807, 2.05) is 13.8 Å². The van der Waals surface area contributed by atoms with Crippen molar-refractivity contribution in [3.05, 3.63) is 17.5 Å². The normalized spacial score (nSPS) is 10.1. The van der Waals surface area contributed by atoms with Crippen LogP contribution in [0.15, 0.2) is 11.2 Å². The summed E-state index contributed by atoms with van der Waals surface area (Å²) < 4.78 is 0. The van der Waals surface area contributed by atoms with Crippen LogP contribution in [0.5, 0.6) is 0 Å². The number of rotatable bonds is 5. The Morgan fingerprint density at radius 3 is 2.63 bits per heavy atom. The van der Waals surface area contributed by atoms with E-state index in [1.165, 1.54) is 16.7 Å². The van der Waals surface area contributed by atoms with Crippen molar-refractivity contribution in [1.82, 2.24) is 20.2 Å². The molecule has 1 aromatic rings. The first-order valence-corrected chi connectivity index (χ1v) is 6.89. The predicted molar refractivity (Wildman–Crippen MR) is 74.2 cm³/mol. The zero-order valence-electron chi connectivity index (χ0n) is 11.6. The summed E-state index contributed by atoms with van der Waals surface area (Å²) in [5.41, 5.74) is 1.02. The third-order valence-electron chi connectivity index (χ3n) is 2.24. The maximum atomic E-state index is 11.9. The molecule has 0 radical (unpaired) electrons. The smallest absolute Gasteiger partial charge is 0.270 e. The van der Waals surface area contributed by atoms with Crippen LogP contribution in [0.25, 0.3) is 0 Å². The zero-order valence-corrected chi connectivity index (χ0v) is 12.4. The number of amides is 2. The molecule has 1 aromatic heterocycles. The minimum absolute atomic E-state index is 0.0366. The van der Waals surface area contributed by atoms with Crippen molar-refractivity contribution < 1.29 is 9.59 Å². The Balaban J connectivity index is 2.73. The molecule has 6 nitrogen and oxygen atoms in total. The molecule has 0 aliphatic carbocycles. The molecule has 19 heavy (non-hydrogen) atoms. The molecular formula is C12H18N4O2S. The van der Waals surface area contributed by atoms with Crippen LogP contribution in [0.2, 0.25) is 0 Å². The van der Waals surface area contributed by atoms with Gasteiger partial charge in [0.15, 0.2) is 5.16 Å². The van der Waals surface area contributed by atoms with Gasteiger partial charge in [-0.3, -0.25) is 9.59 Å². The highest BCUT2D eigenvalue weighted by molar-refractivity contribution is 7.99. The summed E-state index contributed by atoms with van der Waals surface area (Å²) in [7, 11) is 3.28. The fourth-order valence-corrected chi connectivity index (χ4v) is 1.89. The Bertz CT molecular complexity index is 477. The van der Waals surface area contributed by atoms with Gasteiger partial charge in [-0.25, -0.2) is 9.97 Å².